The second kappa shape index (κ2) is 9.43. The molecule has 5 N–H and O–H groups in total. The van der Waals surface area contributed by atoms with Crippen molar-refractivity contribution in [2.45, 2.75) is 49.8 Å². The van der Waals surface area contributed by atoms with Gasteiger partial charge in [-0.1, -0.05) is 5.16 Å². The first-order valence-corrected chi connectivity index (χ1v) is 12.3. The van der Waals surface area contributed by atoms with Crippen LogP contribution in [0.25, 0.3) is 0 Å². The zero-order valence-electron chi connectivity index (χ0n) is 18.6. The summed E-state index contributed by atoms with van der Waals surface area (Å²) in [5, 5.41) is 24.6. The molecule has 188 valence electrons. The fourth-order valence-electron chi connectivity index (χ4n) is 3.67. The summed E-state index contributed by atoms with van der Waals surface area (Å²) >= 11 is 2.09. The zero-order chi connectivity index (χ0) is 25.5. The molecular formula is C19H22N6O8S2. The predicted octanol–water partition coefficient (Wildman–Crippen LogP) is -0.378. The molecule has 2 amide bonds. The van der Waals surface area contributed by atoms with E-state index in [-0.39, 0.29) is 22.8 Å². The number of hydrogen-bond acceptors (Lipinski definition) is 12. The molecule has 0 aliphatic carbocycles. The van der Waals surface area contributed by atoms with Gasteiger partial charge in [-0.05, 0) is 32.3 Å². The molecule has 4 rings (SSSR count). The zero-order valence-corrected chi connectivity index (χ0v) is 20.2. The molecule has 2 fully saturated rings. The summed E-state index contributed by atoms with van der Waals surface area (Å²) in [5.74, 6) is -3.97. The molecule has 3 atom stereocenters. The number of rotatable bonds is 8. The van der Waals surface area contributed by atoms with E-state index in [1.54, 1.807) is 0 Å². The molecule has 3 aliphatic heterocycles. The molecule has 14 nitrogen and oxygen atoms in total. The molecule has 0 aromatic carbocycles. The number of oxime groups is 1. The molecule has 1 aromatic rings. The number of hydrogen-bond donors (Lipinski definition) is 4. The van der Waals surface area contributed by atoms with Crippen LogP contribution >= 0.6 is 23.3 Å². The Kier molecular flexibility index (Phi) is 6.70. The lowest BCUT2D eigenvalue weighted by molar-refractivity contribution is -0.161. The van der Waals surface area contributed by atoms with Crippen LogP contribution in [0.15, 0.2) is 16.4 Å². The van der Waals surface area contributed by atoms with E-state index in [1.807, 2.05) is 0 Å². The van der Waals surface area contributed by atoms with Crippen molar-refractivity contribution < 1.29 is 39.0 Å². The first-order chi connectivity index (χ1) is 16.5. The Bertz CT molecular complexity index is 1140. The van der Waals surface area contributed by atoms with Crippen LogP contribution in [-0.2, 0) is 28.8 Å². The second-order valence-electron chi connectivity index (χ2n) is 8.34. The van der Waals surface area contributed by atoms with Crippen molar-refractivity contribution in [2.75, 3.05) is 18.1 Å². The van der Waals surface area contributed by atoms with Gasteiger partial charge in [-0.25, -0.2) is 9.59 Å². The number of carboxylic acid groups (broad SMARTS) is 2. The molecule has 16 heteroatoms. The quantitative estimate of drug-likeness (QED) is 0.194. The predicted molar refractivity (Wildman–Crippen MR) is 122 cm³/mol. The number of fused-ring (bicyclic) bond motifs is 1. The summed E-state index contributed by atoms with van der Waals surface area (Å²) < 4.78 is 9.53. The number of nitrogens with zero attached hydrogens (tertiary/aromatic N) is 4. The van der Waals surface area contributed by atoms with Gasteiger partial charge in [0.15, 0.2) is 5.13 Å². The van der Waals surface area contributed by atoms with E-state index in [0.717, 1.165) is 22.9 Å². The molecule has 2 saturated heterocycles. The normalized spacial score (nSPS) is 24.6. The number of β-lactam (4-membered cyclic amide) rings is 1. The van der Waals surface area contributed by atoms with E-state index < -0.39 is 46.5 Å². The number of aromatic nitrogens is 2. The van der Waals surface area contributed by atoms with Gasteiger partial charge in [0.05, 0.1) is 6.10 Å². The SMILES string of the molecule is CC(C)(O/N=C(\C(=O)N[C@@H]1C(=O)N2C(C(=O)O)=C([C@@H]3CCCO3)CS[C@H]12)c1nsc(N)n1)C(=O)O. The third-order valence-electron chi connectivity index (χ3n) is 5.55. The number of carbonyl (C=O) groups excluding carboxylic acids is 2. The molecule has 3 aliphatic rings. The van der Waals surface area contributed by atoms with Gasteiger partial charge in [0, 0.05) is 23.9 Å². The summed E-state index contributed by atoms with van der Waals surface area (Å²) in [5.41, 5.74) is 3.77. The summed E-state index contributed by atoms with van der Waals surface area (Å²) in [6.45, 7) is 2.99. The van der Waals surface area contributed by atoms with Crippen molar-refractivity contribution in [1.82, 2.24) is 19.6 Å². The molecule has 4 heterocycles. The highest BCUT2D eigenvalue weighted by atomic mass is 32.2. The topological polar surface area (TPSA) is 207 Å². The Morgan fingerprint density at radius 1 is 1.34 bits per heavy atom. The maximum absolute atomic E-state index is 13.0. The number of nitrogens with one attached hydrogen (secondary N) is 1. The fraction of sp³-hybridized carbons (Fsp3) is 0.526. The van der Waals surface area contributed by atoms with Crippen LogP contribution in [0.1, 0.15) is 32.5 Å². The lowest BCUT2D eigenvalue weighted by Crippen LogP contribution is -2.71. The summed E-state index contributed by atoms with van der Waals surface area (Å²) in [7, 11) is 0. The largest absolute Gasteiger partial charge is 0.478 e. The second-order valence-corrected chi connectivity index (χ2v) is 10.2. The highest BCUT2D eigenvalue weighted by Crippen LogP contribution is 2.42. The van der Waals surface area contributed by atoms with E-state index >= 15 is 0 Å². The third-order valence-corrected chi connectivity index (χ3v) is 7.40. The van der Waals surface area contributed by atoms with Crippen molar-refractivity contribution in [3.8, 4) is 0 Å². The molecule has 0 saturated carbocycles. The van der Waals surface area contributed by atoms with E-state index in [1.165, 1.54) is 25.6 Å². The number of nitrogens with two attached hydrogens (primary N) is 1. The minimum atomic E-state index is -1.77. The molecule has 0 unspecified atom stereocenters. The van der Waals surface area contributed by atoms with E-state index in [9.17, 15) is 29.4 Å². The van der Waals surface area contributed by atoms with E-state index in [4.69, 9.17) is 15.3 Å². The van der Waals surface area contributed by atoms with Crippen molar-refractivity contribution in [3.63, 3.8) is 0 Å². The highest BCUT2D eigenvalue weighted by Gasteiger charge is 2.55. The standard InChI is InChI=1S/C19H22N6O8S2/c1-19(2,17(30)31)33-23-9(12-22-18(20)35-24-12)13(26)21-10-14(27)25-11(16(28)29)7(6-34-15(10)25)8-4-3-5-32-8/h8,10,15H,3-6H2,1-2H3,(H,21,26)(H,28,29)(H,30,31)(H2,20,22,24)/b23-9-/t8-,10+,15+/m0/s1. The number of ether oxygens (including phenoxy) is 1. The number of amides is 2. The Hall–Kier alpha value is -3.24. The Labute approximate surface area is 206 Å². The first-order valence-electron chi connectivity index (χ1n) is 10.4. The Morgan fingerprint density at radius 2 is 2.09 bits per heavy atom. The van der Waals surface area contributed by atoms with Gasteiger partial charge in [-0.2, -0.15) is 9.36 Å². The van der Waals surface area contributed by atoms with Gasteiger partial charge in [0.25, 0.3) is 11.8 Å². The minimum Gasteiger partial charge on any atom is -0.478 e. The van der Waals surface area contributed by atoms with Crippen LogP contribution < -0.4 is 11.1 Å². The van der Waals surface area contributed by atoms with Crippen LogP contribution in [0, 0.1) is 0 Å². The van der Waals surface area contributed by atoms with Crippen molar-refractivity contribution in [2.24, 2.45) is 5.16 Å². The molecule has 0 radical (unpaired) electrons. The molecule has 35 heavy (non-hydrogen) atoms. The van der Waals surface area contributed by atoms with Gasteiger partial charge >= 0.3 is 11.9 Å². The monoisotopic (exact) mass is 526 g/mol. The highest BCUT2D eigenvalue weighted by molar-refractivity contribution is 8.00. The lowest BCUT2D eigenvalue weighted by atomic mass is 9.99. The van der Waals surface area contributed by atoms with Gasteiger partial charge < -0.3 is 30.8 Å². The molecule has 0 spiro atoms. The van der Waals surface area contributed by atoms with Gasteiger partial charge in [-0.15, -0.1) is 11.8 Å². The maximum Gasteiger partial charge on any atom is 0.352 e. The van der Waals surface area contributed by atoms with E-state index in [0.29, 0.717) is 24.4 Å². The average Bonchev–Trinajstić information content (AvgIpc) is 3.48. The van der Waals surface area contributed by atoms with Crippen LogP contribution in [0.3, 0.4) is 0 Å². The minimum absolute atomic E-state index is 0.0321. The fourth-order valence-corrected chi connectivity index (χ4v) is 5.51. The first kappa shape index (κ1) is 24.9. The van der Waals surface area contributed by atoms with Crippen molar-refractivity contribution in [3.05, 3.63) is 17.1 Å². The van der Waals surface area contributed by atoms with Gasteiger partial charge in [0.2, 0.25) is 17.1 Å². The van der Waals surface area contributed by atoms with Crippen molar-refractivity contribution in [1.29, 1.82) is 0 Å². The molecular weight excluding hydrogens is 504 g/mol. The number of thioether (sulfide) groups is 1. The number of aliphatic carboxylic acids is 2. The van der Waals surface area contributed by atoms with E-state index in [2.05, 4.69) is 19.8 Å². The Morgan fingerprint density at radius 3 is 2.66 bits per heavy atom. The maximum atomic E-state index is 13.0. The van der Waals surface area contributed by atoms with Gasteiger partial charge in [0.1, 0.15) is 17.1 Å². The number of anilines is 1. The van der Waals surface area contributed by atoms with Crippen LogP contribution in [0.2, 0.25) is 0 Å². The Balaban J connectivity index is 1.55. The summed E-state index contributed by atoms with van der Waals surface area (Å²) in [4.78, 5) is 59.4. The smallest absolute Gasteiger partial charge is 0.352 e. The number of carbonyl (C=O) groups is 4. The number of carboxylic acids is 2. The van der Waals surface area contributed by atoms with Crippen LogP contribution in [-0.4, -0.2) is 89.4 Å². The van der Waals surface area contributed by atoms with Gasteiger partial charge in [-0.3, -0.25) is 14.5 Å². The lowest BCUT2D eigenvalue weighted by Gasteiger charge is -2.49. The number of nitrogen functional groups attached to an aromatic ring is 1. The van der Waals surface area contributed by atoms with Crippen LogP contribution in [0.5, 0.6) is 0 Å². The molecule has 0 bridgehead atoms. The van der Waals surface area contributed by atoms with Crippen molar-refractivity contribution >= 4 is 57.9 Å². The summed E-state index contributed by atoms with van der Waals surface area (Å²) in [6, 6.07) is -1.05. The third kappa shape index (κ3) is 4.68. The summed E-state index contributed by atoms with van der Waals surface area (Å²) in [6.07, 6.45) is 1.13. The average molecular weight is 527 g/mol. The molecule has 1 aromatic heterocycles. The van der Waals surface area contributed by atoms with Crippen LogP contribution in [0.4, 0.5) is 5.13 Å².